The second-order valence-electron chi connectivity index (χ2n) is 6.49. The summed E-state index contributed by atoms with van der Waals surface area (Å²) >= 11 is 0. The number of amides is 1. The summed E-state index contributed by atoms with van der Waals surface area (Å²) in [5.41, 5.74) is 0.907. The number of ether oxygens (including phenoxy) is 1. The van der Waals surface area contributed by atoms with E-state index in [2.05, 4.69) is 0 Å². The zero-order valence-electron chi connectivity index (χ0n) is 15.2. The molecule has 0 spiro atoms. The van der Waals surface area contributed by atoms with E-state index in [-0.39, 0.29) is 24.5 Å². The number of nitrogens with zero attached hydrogens (tertiary/aromatic N) is 2. The van der Waals surface area contributed by atoms with Crippen LogP contribution in [0.15, 0.2) is 33.5 Å². The fourth-order valence-corrected chi connectivity index (χ4v) is 2.89. The van der Waals surface area contributed by atoms with E-state index < -0.39 is 17.8 Å². The van der Waals surface area contributed by atoms with Crippen molar-refractivity contribution in [2.75, 3.05) is 0 Å². The third-order valence-corrected chi connectivity index (χ3v) is 3.88. The summed E-state index contributed by atoms with van der Waals surface area (Å²) in [6.45, 7) is 8.85. The van der Waals surface area contributed by atoms with E-state index in [1.54, 1.807) is 29.2 Å². The molecule has 0 bridgehead atoms. The number of hydrogen-bond acceptors (Lipinski definition) is 5. The number of carbonyl (C=O) groups excluding carboxylic acids is 2. The van der Waals surface area contributed by atoms with Gasteiger partial charge in [0.15, 0.2) is 11.7 Å². The highest BCUT2D eigenvalue weighted by Gasteiger charge is 2.28. The Balaban J connectivity index is 2.10. The van der Waals surface area contributed by atoms with Crippen LogP contribution in [0.3, 0.4) is 0 Å². The Labute approximate surface area is 146 Å². The Kier molecular flexibility index (Phi) is 5.66. The maximum absolute atomic E-state index is 12.5. The number of benzene rings is 1. The van der Waals surface area contributed by atoms with Gasteiger partial charge in [-0.3, -0.25) is 14.2 Å². The molecule has 7 heteroatoms. The number of hydrogen-bond donors (Lipinski definition) is 0. The van der Waals surface area contributed by atoms with Gasteiger partial charge in [0.25, 0.3) is 5.91 Å². The van der Waals surface area contributed by atoms with E-state index in [1.165, 1.54) is 11.5 Å². The van der Waals surface area contributed by atoms with E-state index in [0.29, 0.717) is 11.1 Å². The zero-order valence-corrected chi connectivity index (χ0v) is 15.2. The van der Waals surface area contributed by atoms with Crippen molar-refractivity contribution in [3.05, 3.63) is 34.8 Å². The van der Waals surface area contributed by atoms with Crippen molar-refractivity contribution in [2.45, 2.75) is 59.4 Å². The molecule has 1 aromatic carbocycles. The van der Waals surface area contributed by atoms with Gasteiger partial charge >= 0.3 is 11.7 Å². The molecule has 0 fully saturated rings. The van der Waals surface area contributed by atoms with Crippen LogP contribution in [0, 0.1) is 0 Å². The van der Waals surface area contributed by atoms with Gasteiger partial charge in [0, 0.05) is 12.1 Å². The van der Waals surface area contributed by atoms with Gasteiger partial charge in [-0.25, -0.2) is 4.79 Å². The average molecular weight is 348 g/mol. The quantitative estimate of drug-likeness (QED) is 0.747. The van der Waals surface area contributed by atoms with E-state index in [0.717, 1.165) is 0 Å². The van der Waals surface area contributed by atoms with Gasteiger partial charge in [0.05, 0.1) is 5.52 Å². The molecule has 1 atom stereocenters. The molecule has 136 valence electrons. The first-order chi connectivity index (χ1) is 11.7. The zero-order chi connectivity index (χ0) is 18.7. The molecule has 25 heavy (non-hydrogen) atoms. The molecular formula is C18H24N2O5. The number of esters is 1. The van der Waals surface area contributed by atoms with Crippen molar-refractivity contribution < 1.29 is 18.7 Å². The minimum Gasteiger partial charge on any atom is -0.451 e. The summed E-state index contributed by atoms with van der Waals surface area (Å²) in [4.78, 5) is 38.3. The Morgan fingerprint density at radius 1 is 1.12 bits per heavy atom. The van der Waals surface area contributed by atoms with Crippen LogP contribution < -0.4 is 5.76 Å². The number of fused-ring (bicyclic) bond motifs is 1. The van der Waals surface area contributed by atoms with Gasteiger partial charge < -0.3 is 14.1 Å². The number of para-hydroxylation sites is 2. The lowest BCUT2D eigenvalue weighted by molar-refractivity contribution is -0.161. The Bertz CT molecular complexity index is 810. The van der Waals surface area contributed by atoms with Crippen molar-refractivity contribution in [1.82, 2.24) is 9.47 Å². The summed E-state index contributed by atoms with van der Waals surface area (Å²) in [6.07, 6.45) is -0.925. The third kappa shape index (κ3) is 4.10. The molecule has 2 aromatic rings. The molecular weight excluding hydrogens is 324 g/mol. The van der Waals surface area contributed by atoms with E-state index in [1.807, 2.05) is 27.7 Å². The standard InChI is InChI=1S/C18H24N2O5/c1-11(2)20(12(3)4)17(22)13(5)24-16(21)10-19-14-8-6-7-9-15(14)25-18(19)23/h6-9,11-13H,10H2,1-5H3. The smallest absolute Gasteiger partial charge is 0.420 e. The summed E-state index contributed by atoms with van der Waals surface area (Å²) in [5, 5.41) is 0. The maximum atomic E-state index is 12.5. The molecule has 0 saturated carbocycles. The largest absolute Gasteiger partial charge is 0.451 e. The molecule has 1 unspecified atom stereocenters. The van der Waals surface area contributed by atoms with Gasteiger partial charge in [-0.2, -0.15) is 0 Å². The molecule has 1 amide bonds. The minimum absolute atomic E-state index is 0.00547. The highest BCUT2D eigenvalue weighted by atomic mass is 16.5. The lowest BCUT2D eigenvalue weighted by atomic mass is 10.2. The molecule has 2 rings (SSSR count). The number of oxazole rings is 1. The van der Waals surface area contributed by atoms with Gasteiger partial charge in [-0.15, -0.1) is 0 Å². The van der Waals surface area contributed by atoms with E-state index in [9.17, 15) is 14.4 Å². The molecule has 0 aliphatic heterocycles. The first kappa shape index (κ1) is 18.8. The van der Waals surface area contributed by atoms with E-state index in [4.69, 9.17) is 9.15 Å². The average Bonchev–Trinajstić information content (AvgIpc) is 2.82. The van der Waals surface area contributed by atoms with Crippen molar-refractivity contribution >= 4 is 23.0 Å². The highest BCUT2D eigenvalue weighted by molar-refractivity contribution is 5.84. The fourth-order valence-electron chi connectivity index (χ4n) is 2.89. The SMILES string of the molecule is CC(OC(=O)Cn1c(=O)oc2ccccc21)C(=O)N(C(C)C)C(C)C. The maximum Gasteiger partial charge on any atom is 0.420 e. The Hall–Kier alpha value is -2.57. The predicted octanol–water partition coefficient (Wildman–Crippen LogP) is 2.17. The van der Waals surface area contributed by atoms with Crippen LogP contribution in [-0.2, 0) is 20.9 Å². The van der Waals surface area contributed by atoms with Crippen LogP contribution in [-0.4, -0.2) is 39.5 Å². The van der Waals surface area contributed by atoms with Gasteiger partial charge in [-0.05, 0) is 46.8 Å². The fraction of sp³-hybridized carbons (Fsp3) is 0.500. The lowest BCUT2D eigenvalue weighted by Crippen LogP contribution is -2.47. The second kappa shape index (κ2) is 7.55. The van der Waals surface area contributed by atoms with Gasteiger partial charge in [0.2, 0.25) is 0 Å². The van der Waals surface area contributed by atoms with Crippen LogP contribution in [0.25, 0.3) is 11.1 Å². The van der Waals surface area contributed by atoms with Crippen LogP contribution in [0.5, 0.6) is 0 Å². The van der Waals surface area contributed by atoms with Crippen molar-refractivity contribution in [3.8, 4) is 0 Å². The third-order valence-electron chi connectivity index (χ3n) is 3.88. The molecule has 0 N–H and O–H groups in total. The van der Waals surface area contributed by atoms with Crippen LogP contribution in [0.1, 0.15) is 34.6 Å². The number of carbonyl (C=O) groups is 2. The number of rotatable bonds is 6. The molecule has 0 aliphatic carbocycles. The highest BCUT2D eigenvalue weighted by Crippen LogP contribution is 2.13. The predicted molar refractivity (Wildman–Crippen MR) is 93.1 cm³/mol. The summed E-state index contributed by atoms with van der Waals surface area (Å²) in [6, 6.07) is 6.80. The minimum atomic E-state index is -0.925. The Morgan fingerprint density at radius 2 is 1.72 bits per heavy atom. The van der Waals surface area contributed by atoms with Crippen LogP contribution in [0.2, 0.25) is 0 Å². The van der Waals surface area contributed by atoms with Crippen molar-refractivity contribution in [2.24, 2.45) is 0 Å². The Morgan fingerprint density at radius 3 is 2.32 bits per heavy atom. The molecule has 0 saturated heterocycles. The topological polar surface area (TPSA) is 81.7 Å². The van der Waals surface area contributed by atoms with Crippen LogP contribution in [0.4, 0.5) is 0 Å². The second-order valence-corrected chi connectivity index (χ2v) is 6.49. The molecule has 1 heterocycles. The first-order valence-corrected chi connectivity index (χ1v) is 8.32. The van der Waals surface area contributed by atoms with Crippen LogP contribution >= 0.6 is 0 Å². The summed E-state index contributed by atoms with van der Waals surface area (Å²) in [7, 11) is 0. The number of aromatic nitrogens is 1. The molecule has 0 radical (unpaired) electrons. The van der Waals surface area contributed by atoms with Crippen molar-refractivity contribution in [1.29, 1.82) is 0 Å². The molecule has 7 nitrogen and oxygen atoms in total. The lowest BCUT2D eigenvalue weighted by Gasteiger charge is -2.32. The van der Waals surface area contributed by atoms with Crippen molar-refractivity contribution in [3.63, 3.8) is 0 Å². The first-order valence-electron chi connectivity index (χ1n) is 8.32. The normalized spacial score (nSPS) is 12.6. The van der Waals surface area contributed by atoms with E-state index >= 15 is 0 Å². The van der Waals surface area contributed by atoms with Gasteiger partial charge in [-0.1, -0.05) is 12.1 Å². The summed E-state index contributed by atoms with van der Waals surface area (Å²) < 4.78 is 11.5. The monoisotopic (exact) mass is 348 g/mol. The molecule has 0 aliphatic rings. The molecule has 1 aromatic heterocycles. The summed E-state index contributed by atoms with van der Waals surface area (Å²) in [5.74, 6) is -1.56. The van der Waals surface area contributed by atoms with Gasteiger partial charge in [0.1, 0.15) is 6.54 Å².